The van der Waals surface area contributed by atoms with Crippen molar-refractivity contribution in [3.8, 4) is 0 Å². The Labute approximate surface area is 152 Å². The lowest BCUT2D eigenvalue weighted by molar-refractivity contribution is -0.158. The fourth-order valence-corrected chi connectivity index (χ4v) is 4.72. The summed E-state index contributed by atoms with van der Waals surface area (Å²) >= 11 is 0. The summed E-state index contributed by atoms with van der Waals surface area (Å²) in [6.07, 6.45) is 0.134. The van der Waals surface area contributed by atoms with E-state index in [0.717, 1.165) is 11.1 Å². The third-order valence-electron chi connectivity index (χ3n) is 6.47. The average Bonchev–Trinajstić information content (AvgIpc) is 2.95. The van der Waals surface area contributed by atoms with Gasteiger partial charge in [0.15, 0.2) is 5.60 Å². The zero-order valence-electron chi connectivity index (χ0n) is 15.2. The molecule has 26 heavy (non-hydrogen) atoms. The van der Waals surface area contributed by atoms with Crippen LogP contribution in [0.1, 0.15) is 27.2 Å². The van der Waals surface area contributed by atoms with E-state index in [-0.39, 0.29) is 17.9 Å². The molecule has 0 unspecified atom stereocenters. The van der Waals surface area contributed by atoms with Crippen molar-refractivity contribution in [3.63, 3.8) is 0 Å². The van der Waals surface area contributed by atoms with E-state index in [0.29, 0.717) is 12.0 Å². The van der Waals surface area contributed by atoms with Crippen LogP contribution < -0.4 is 0 Å². The van der Waals surface area contributed by atoms with E-state index in [1.807, 2.05) is 13.8 Å². The predicted molar refractivity (Wildman–Crippen MR) is 91.8 cm³/mol. The maximum Gasteiger partial charge on any atom is 0.341 e. The van der Waals surface area contributed by atoms with E-state index in [2.05, 4.69) is 13.2 Å². The Hall–Kier alpha value is -1.92. The molecule has 0 radical (unpaired) electrons. The summed E-state index contributed by atoms with van der Waals surface area (Å²) in [6.45, 7) is 13.4. The summed E-state index contributed by atoms with van der Waals surface area (Å²) in [5, 5.41) is 10.5. The zero-order valence-corrected chi connectivity index (χ0v) is 15.2. The van der Waals surface area contributed by atoms with Crippen LogP contribution >= 0.6 is 0 Å². The van der Waals surface area contributed by atoms with E-state index in [9.17, 15) is 14.7 Å². The second-order valence-electron chi connectivity index (χ2n) is 8.05. The first-order valence-electron chi connectivity index (χ1n) is 8.98. The highest BCUT2D eigenvalue weighted by atomic mass is 16.7. The first kappa shape index (κ1) is 17.5. The molecule has 3 fully saturated rings. The van der Waals surface area contributed by atoms with Crippen LogP contribution in [0.3, 0.4) is 0 Å². The number of hydrogen-bond donors (Lipinski definition) is 1. The maximum atomic E-state index is 12.6. The van der Waals surface area contributed by atoms with Crippen molar-refractivity contribution >= 4 is 11.9 Å². The number of ether oxygens (including phenoxy) is 3. The molecular weight excluding hydrogens is 336 g/mol. The number of fused-ring (bicyclic) bond motifs is 3. The molecule has 140 valence electrons. The van der Waals surface area contributed by atoms with Crippen molar-refractivity contribution in [2.24, 2.45) is 17.8 Å². The zero-order chi connectivity index (χ0) is 19.0. The van der Waals surface area contributed by atoms with Gasteiger partial charge in [0.05, 0.1) is 18.1 Å². The summed E-state index contributed by atoms with van der Waals surface area (Å²) in [7, 11) is 0. The largest absolute Gasteiger partial charge is 0.459 e. The van der Waals surface area contributed by atoms with Crippen molar-refractivity contribution < 1.29 is 28.9 Å². The van der Waals surface area contributed by atoms with Gasteiger partial charge in [-0.15, -0.1) is 0 Å². The molecule has 2 aliphatic carbocycles. The van der Waals surface area contributed by atoms with Gasteiger partial charge < -0.3 is 19.3 Å². The maximum absolute atomic E-state index is 12.6. The highest BCUT2D eigenvalue weighted by Gasteiger charge is 2.60. The molecule has 1 saturated carbocycles. The molecule has 2 saturated heterocycles. The summed E-state index contributed by atoms with van der Waals surface area (Å²) in [6, 6.07) is 0. The number of epoxide rings is 1. The first-order chi connectivity index (χ1) is 12.1. The Balaban J connectivity index is 1.68. The first-order valence-corrected chi connectivity index (χ1v) is 8.98. The number of aliphatic hydroxyl groups excluding tert-OH is 1. The fourth-order valence-electron chi connectivity index (χ4n) is 4.72. The monoisotopic (exact) mass is 360 g/mol. The van der Waals surface area contributed by atoms with Gasteiger partial charge in [0.25, 0.3) is 0 Å². The van der Waals surface area contributed by atoms with Crippen LogP contribution in [-0.4, -0.2) is 47.1 Å². The van der Waals surface area contributed by atoms with Crippen LogP contribution in [0.15, 0.2) is 36.0 Å². The molecule has 4 aliphatic rings. The minimum absolute atomic E-state index is 0.180. The number of aliphatic hydroxyl groups is 1. The van der Waals surface area contributed by atoms with Gasteiger partial charge in [-0.1, -0.05) is 30.4 Å². The molecule has 1 N–H and O–H groups in total. The molecular formula is C20H24O6. The van der Waals surface area contributed by atoms with Crippen LogP contribution in [0.4, 0.5) is 0 Å². The smallest absolute Gasteiger partial charge is 0.341 e. The quantitative estimate of drug-likeness (QED) is 0.349. The van der Waals surface area contributed by atoms with E-state index in [1.165, 1.54) is 0 Å². The van der Waals surface area contributed by atoms with Crippen LogP contribution in [0, 0.1) is 17.8 Å². The molecule has 0 amide bonds. The van der Waals surface area contributed by atoms with E-state index in [1.54, 1.807) is 13.0 Å². The highest BCUT2D eigenvalue weighted by molar-refractivity contribution is 5.91. The minimum atomic E-state index is -0.945. The Morgan fingerprint density at radius 2 is 2.00 bits per heavy atom. The molecule has 6 nitrogen and oxygen atoms in total. The van der Waals surface area contributed by atoms with Crippen molar-refractivity contribution in [1.82, 2.24) is 0 Å². The van der Waals surface area contributed by atoms with Crippen LogP contribution in [0.25, 0.3) is 0 Å². The SMILES string of the molecule is C=C1C[C@@H](OC(=O)[C@@]2(C)O[C@H]2C)[C@H]2C(=C)C(=O)O[C@@H]2[C@H]2C(C)=C[C@@H](O)[C@@H]12. The standard InChI is InChI=1S/C20H24O6/c1-8-6-12(21)14-9(2)7-13(24-19(23)20(5)11(4)26-20)16-10(3)18(22)25-17(16)15(8)14/h6,11-17,21H,2-3,7H2,1,4-5H3/t11-,12+,13+,14+,15-,16+,17+,20-/m0/s1. The van der Waals surface area contributed by atoms with Gasteiger partial charge in [0.2, 0.25) is 0 Å². The minimum Gasteiger partial charge on any atom is -0.459 e. The third kappa shape index (κ3) is 2.32. The van der Waals surface area contributed by atoms with Gasteiger partial charge in [-0.2, -0.15) is 0 Å². The van der Waals surface area contributed by atoms with Crippen LogP contribution in [-0.2, 0) is 23.8 Å². The topological polar surface area (TPSA) is 85.4 Å². The lowest BCUT2D eigenvalue weighted by Crippen LogP contribution is -2.39. The van der Waals surface area contributed by atoms with Crippen molar-refractivity contribution in [3.05, 3.63) is 36.0 Å². The Morgan fingerprint density at radius 3 is 2.62 bits per heavy atom. The number of hydrogen-bond acceptors (Lipinski definition) is 6. The molecule has 0 aromatic heterocycles. The summed E-state index contributed by atoms with van der Waals surface area (Å²) in [4.78, 5) is 24.8. The number of esters is 2. The molecule has 0 aromatic carbocycles. The molecule has 2 heterocycles. The Kier molecular flexibility index (Phi) is 3.72. The van der Waals surface area contributed by atoms with Crippen LogP contribution in [0.5, 0.6) is 0 Å². The number of carbonyl (C=O) groups excluding carboxylic acids is 2. The molecule has 8 atom stereocenters. The van der Waals surface area contributed by atoms with Gasteiger partial charge >= 0.3 is 11.9 Å². The van der Waals surface area contributed by atoms with Gasteiger partial charge in [-0.25, -0.2) is 9.59 Å². The highest BCUT2D eigenvalue weighted by Crippen LogP contribution is 2.51. The lowest BCUT2D eigenvalue weighted by Gasteiger charge is -2.29. The average molecular weight is 360 g/mol. The summed E-state index contributed by atoms with van der Waals surface area (Å²) in [5.74, 6) is -1.81. The van der Waals surface area contributed by atoms with Crippen molar-refractivity contribution in [2.45, 2.75) is 57.2 Å². The molecule has 0 aromatic rings. The van der Waals surface area contributed by atoms with E-state index < -0.39 is 41.8 Å². The molecule has 4 rings (SSSR count). The molecule has 0 spiro atoms. The Bertz CT molecular complexity index is 751. The fraction of sp³-hybridized carbons (Fsp3) is 0.600. The van der Waals surface area contributed by atoms with Crippen molar-refractivity contribution in [2.75, 3.05) is 0 Å². The molecule has 6 heteroatoms. The summed E-state index contributed by atoms with van der Waals surface area (Å²) in [5.41, 5.74) is 1.12. The lowest BCUT2D eigenvalue weighted by atomic mass is 9.79. The third-order valence-corrected chi connectivity index (χ3v) is 6.47. The number of carbonyl (C=O) groups is 2. The molecule has 2 aliphatic heterocycles. The summed E-state index contributed by atoms with van der Waals surface area (Å²) < 4.78 is 16.8. The number of rotatable bonds is 2. The van der Waals surface area contributed by atoms with Gasteiger partial charge in [-0.3, -0.25) is 0 Å². The normalized spacial score (nSPS) is 46.8. The van der Waals surface area contributed by atoms with E-state index >= 15 is 0 Å². The second kappa shape index (κ2) is 5.54. The second-order valence-corrected chi connectivity index (χ2v) is 8.05. The van der Waals surface area contributed by atoms with Gasteiger partial charge in [-0.05, 0) is 20.8 Å². The van der Waals surface area contributed by atoms with E-state index in [4.69, 9.17) is 14.2 Å². The van der Waals surface area contributed by atoms with Gasteiger partial charge in [0, 0.05) is 23.8 Å². The van der Waals surface area contributed by atoms with Gasteiger partial charge in [0.1, 0.15) is 12.2 Å². The van der Waals surface area contributed by atoms with Crippen LogP contribution in [0.2, 0.25) is 0 Å². The predicted octanol–water partition coefficient (Wildman–Crippen LogP) is 1.69. The Morgan fingerprint density at radius 1 is 1.35 bits per heavy atom. The molecule has 0 bridgehead atoms. The van der Waals surface area contributed by atoms with Crippen molar-refractivity contribution in [1.29, 1.82) is 0 Å².